The molecule has 0 aliphatic rings. The summed E-state index contributed by atoms with van der Waals surface area (Å²) in [6, 6.07) is 6.09. The molecule has 0 heterocycles. The molecule has 5 heteroatoms. The highest BCUT2D eigenvalue weighted by atomic mass is 32.2. The number of nitrogens with zero attached hydrogens (tertiary/aromatic N) is 1. The van der Waals surface area contributed by atoms with Gasteiger partial charge in [0.05, 0.1) is 12.7 Å². The molecule has 1 rings (SSSR count). The topological polar surface area (TPSA) is 64.2 Å². The quantitative estimate of drug-likeness (QED) is 0.757. The van der Waals surface area contributed by atoms with Crippen LogP contribution in [0.25, 0.3) is 0 Å². The lowest BCUT2D eigenvalue weighted by molar-refractivity contribution is 0.113. The van der Waals surface area contributed by atoms with E-state index in [2.05, 4.69) is 0 Å². The van der Waals surface area contributed by atoms with Gasteiger partial charge in [-0.2, -0.15) is 5.26 Å². The summed E-state index contributed by atoms with van der Waals surface area (Å²) < 4.78 is 13.1. The molecule has 0 aliphatic heterocycles. The van der Waals surface area contributed by atoms with Crippen LogP contribution in [0.15, 0.2) is 23.1 Å². The minimum Gasteiger partial charge on any atom is -0.394 e. The van der Waals surface area contributed by atoms with E-state index in [4.69, 9.17) is 15.5 Å². The van der Waals surface area contributed by atoms with E-state index in [1.54, 1.807) is 12.1 Å². The molecule has 0 unspecified atom stereocenters. The van der Waals surface area contributed by atoms with Crippen molar-refractivity contribution < 1.29 is 14.6 Å². The van der Waals surface area contributed by atoms with Crippen molar-refractivity contribution in [1.82, 2.24) is 0 Å². The van der Waals surface area contributed by atoms with E-state index in [1.165, 1.54) is 12.1 Å². The Morgan fingerprint density at radius 1 is 1.53 bits per heavy atom. The molecule has 0 radical (unpaired) electrons. The van der Waals surface area contributed by atoms with Gasteiger partial charge in [0.2, 0.25) is 0 Å². The molecule has 0 spiro atoms. The molecule has 0 aliphatic carbocycles. The van der Waals surface area contributed by atoms with Crippen LogP contribution in [0.1, 0.15) is 5.56 Å². The van der Waals surface area contributed by atoms with Crippen molar-refractivity contribution in [2.75, 3.05) is 12.4 Å². The van der Waals surface area contributed by atoms with Crippen molar-refractivity contribution in [2.24, 2.45) is 0 Å². The molecule has 0 aromatic heterocycles. The summed E-state index contributed by atoms with van der Waals surface area (Å²) in [5.41, 5.74) is -0.0207. The third kappa shape index (κ3) is 3.20. The average Bonchev–Trinajstić information content (AvgIpc) is 2.25. The van der Waals surface area contributed by atoms with Crippen molar-refractivity contribution in [2.45, 2.75) is 11.0 Å². The van der Waals surface area contributed by atoms with Crippen LogP contribution in [0.5, 0.6) is 0 Å². The van der Waals surface area contributed by atoms with Gasteiger partial charge in [-0.15, -0.1) is 11.8 Å². The van der Waals surface area contributed by atoms with E-state index >= 15 is 0 Å². The summed E-state index contributed by atoms with van der Waals surface area (Å²) in [4.78, 5) is 0.477. The zero-order valence-corrected chi connectivity index (χ0v) is 8.67. The molecule has 2 N–H and O–H groups in total. The molecule has 0 bridgehead atoms. The van der Waals surface area contributed by atoms with E-state index in [9.17, 15) is 4.39 Å². The molecular weight excluding hydrogens is 217 g/mol. The third-order valence-electron chi connectivity index (χ3n) is 1.73. The summed E-state index contributed by atoms with van der Waals surface area (Å²) in [5.74, 6) is -0.338. The predicted octanol–water partition coefficient (Wildman–Crippen LogP) is 1.14. The van der Waals surface area contributed by atoms with Crippen molar-refractivity contribution in [1.29, 1.82) is 5.26 Å². The van der Waals surface area contributed by atoms with E-state index in [0.717, 1.165) is 11.8 Å². The molecule has 1 aromatic rings. The van der Waals surface area contributed by atoms with Gasteiger partial charge in [-0.25, -0.2) is 4.39 Å². The summed E-state index contributed by atoms with van der Waals surface area (Å²) in [6.07, 6.45) is -0.857. The smallest absolute Gasteiger partial charge is 0.142 e. The zero-order chi connectivity index (χ0) is 11.3. The molecule has 3 nitrogen and oxygen atoms in total. The molecule has 0 saturated heterocycles. The Hall–Kier alpha value is -1.09. The minimum atomic E-state index is -0.857. The van der Waals surface area contributed by atoms with Gasteiger partial charge >= 0.3 is 0 Å². The maximum absolute atomic E-state index is 13.1. The van der Waals surface area contributed by atoms with Crippen molar-refractivity contribution in [3.63, 3.8) is 0 Å². The Balaban J connectivity index is 2.77. The average molecular weight is 227 g/mol. The van der Waals surface area contributed by atoms with Crippen molar-refractivity contribution >= 4 is 11.8 Å². The largest absolute Gasteiger partial charge is 0.394 e. The standard InChI is InChI=1S/C10H10FNO2S/c11-9-2-1-3-10(8(9)4-12)15-6-7(14)5-13/h1-3,7,13-14H,5-6H2/t7-/m0/s1. The molecule has 0 saturated carbocycles. The summed E-state index contributed by atoms with van der Waals surface area (Å²) in [6.45, 7) is -0.343. The van der Waals surface area contributed by atoms with Gasteiger partial charge in [0.1, 0.15) is 17.4 Å². The summed E-state index contributed by atoms with van der Waals surface area (Å²) in [5, 5.41) is 26.4. The molecular formula is C10H10FNO2S. The van der Waals surface area contributed by atoms with E-state index in [0.29, 0.717) is 4.90 Å². The van der Waals surface area contributed by atoms with Gasteiger partial charge in [-0.3, -0.25) is 0 Å². The van der Waals surface area contributed by atoms with E-state index in [1.807, 2.05) is 0 Å². The normalized spacial score (nSPS) is 12.1. The summed E-state index contributed by atoms with van der Waals surface area (Å²) in [7, 11) is 0. The van der Waals surface area contributed by atoms with E-state index in [-0.39, 0.29) is 17.9 Å². The van der Waals surface area contributed by atoms with Gasteiger partial charge in [0, 0.05) is 10.6 Å². The number of aliphatic hydroxyl groups is 2. The highest BCUT2D eigenvalue weighted by Crippen LogP contribution is 2.24. The fraction of sp³-hybridized carbons (Fsp3) is 0.300. The van der Waals surface area contributed by atoms with Crippen molar-refractivity contribution in [3.05, 3.63) is 29.6 Å². The third-order valence-corrected chi connectivity index (χ3v) is 2.93. The SMILES string of the molecule is N#Cc1c(F)cccc1SC[C@@H](O)CO. The van der Waals surface area contributed by atoms with Gasteiger partial charge in [0.25, 0.3) is 0 Å². The van der Waals surface area contributed by atoms with Crippen LogP contribution in [0.3, 0.4) is 0 Å². The first-order valence-electron chi connectivity index (χ1n) is 4.29. The van der Waals surface area contributed by atoms with Crippen LogP contribution in [-0.4, -0.2) is 28.7 Å². The van der Waals surface area contributed by atoms with Crippen LogP contribution in [-0.2, 0) is 0 Å². The maximum atomic E-state index is 13.1. The number of hydrogen-bond donors (Lipinski definition) is 2. The maximum Gasteiger partial charge on any atom is 0.142 e. The van der Waals surface area contributed by atoms with Gasteiger partial charge in [-0.05, 0) is 12.1 Å². The minimum absolute atomic E-state index is 0.0207. The van der Waals surface area contributed by atoms with Crippen LogP contribution in [0, 0.1) is 17.1 Å². The Bertz CT molecular complexity index is 378. The second kappa shape index (κ2) is 5.71. The first-order chi connectivity index (χ1) is 7.19. The predicted molar refractivity (Wildman–Crippen MR) is 54.9 cm³/mol. The van der Waals surface area contributed by atoms with Crippen LogP contribution < -0.4 is 0 Å². The molecule has 80 valence electrons. The Kier molecular flexibility index (Phi) is 4.56. The number of hydrogen-bond acceptors (Lipinski definition) is 4. The second-order valence-electron chi connectivity index (χ2n) is 2.87. The van der Waals surface area contributed by atoms with Crippen LogP contribution in [0.4, 0.5) is 4.39 Å². The van der Waals surface area contributed by atoms with Gasteiger partial charge in [0.15, 0.2) is 0 Å². The van der Waals surface area contributed by atoms with E-state index < -0.39 is 11.9 Å². The number of halogens is 1. The zero-order valence-electron chi connectivity index (χ0n) is 7.85. The lowest BCUT2D eigenvalue weighted by Crippen LogP contribution is -2.14. The van der Waals surface area contributed by atoms with Crippen LogP contribution >= 0.6 is 11.8 Å². The molecule has 1 atom stereocenters. The number of rotatable bonds is 4. The number of nitriles is 1. The number of thioether (sulfide) groups is 1. The Morgan fingerprint density at radius 2 is 2.27 bits per heavy atom. The fourth-order valence-electron chi connectivity index (χ4n) is 0.972. The molecule has 15 heavy (non-hydrogen) atoms. The van der Waals surface area contributed by atoms with Crippen molar-refractivity contribution in [3.8, 4) is 6.07 Å². The molecule has 0 fully saturated rings. The monoisotopic (exact) mass is 227 g/mol. The lowest BCUT2D eigenvalue weighted by atomic mass is 10.2. The number of aliphatic hydroxyl groups excluding tert-OH is 2. The lowest BCUT2D eigenvalue weighted by Gasteiger charge is -2.07. The molecule has 0 amide bonds. The Labute approximate surface area is 91.2 Å². The van der Waals surface area contributed by atoms with Crippen LogP contribution in [0.2, 0.25) is 0 Å². The first-order valence-corrected chi connectivity index (χ1v) is 5.28. The number of benzene rings is 1. The fourth-order valence-corrected chi connectivity index (χ4v) is 1.91. The Morgan fingerprint density at radius 3 is 2.87 bits per heavy atom. The first kappa shape index (κ1) is 12.0. The highest BCUT2D eigenvalue weighted by molar-refractivity contribution is 7.99. The van der Waals surface area contributed by atoms with Gasteiger partial charge < -0.3 is 10.2 Å². The summed E-state index contributed by atoms with van der Waals surface area (Å²) >= 11 is 1.15. The molecule has 1 aromatic carbocycles. The highest BCUT2D eigenvalue weighted by Gasteiger charge is 2.10. The second-order valence-corrected chi connectivity index (χ2v) is 3.93. The van der Waals surface area contributed by atoms with Gasteiger partial charge in [-0.1, -0.05) is 6.07 Å².